The predicted molar refractivity (Wildman–Crippen MR) is 75.3 cm³/mol. The van der Waals surface area contributed by atoms with E-state index in [1.54, 1.807) is 0 Å². The molecule has 0 unspecified atom stereocenters. The fourth-order valence-corrected chi connectivity index (χ4v) is 2.35. The lowest BCUT2D eigenvalue weighted by molar-refractivity contribution is 0.0912. The van der Waals surface area contributed by atoms with Crippen molar-refractivity contribution in [3.63, 3.8) is 0 Å². The number of ether oxygens (including phenoxy) is 1. The fraction of sp³-hybridized carbons (Fsp3) is 0.0714. The Labute approximate surface area is 131 Å². The SMILES string of the molecule is O=C(COc1cc(F)c(Cl)cc1Br)c1c(F)cccc1F. The average Bonchev–Trinajstić information content (AvgIpc) is 2.41. The first-order valence-corrected chi connectivity index (χ1v) is 6.82. The summed E-state index contributed by atoms with van der Waals surface area (Å²) >= 11 is 8.64. The van der Waals surface area contributed by atoms with Crippen LogP contribution in [0.25, 0.3) is 0 Å². The van der Waals surface area contributed by atoms with Gasteiger partial charge in [-0.05, 0) is 34.1 Å². The lowest BCUT2D eigenvalue weighted by atomic mass is 10.1. The number of Topliss-reactive ketones (excluding diaryl/α,β-unsaturated/α-hetero) is 1. The van der Waals surface area contributed by atoms with Crippen LogP contribution in [0.2, 0.25) is 5.02 Å². The molecule has 0 N–H and O–H groups in total. The Balaban J connectivity index is 2.17. The molecule has 0 aliphatic rings. The van der Waals surface area contributed by atoms with Gasteiger partial charge in [-0.3, -0.25) is 4.79 Å². The van der Waals surface area contributed by atoms with Crippen LogP contribution < -0.4 is 4.74 Å². The molecular formula is C14H7BrClF3O2. The third-order valence-corrected chi connectivity index (χ3v) is 3.48. The first-order chi connectivity index (χ1) is 9.90. The maximum absolute atomic E-state index is 13.4. The monoisotopic (exact) mass is 378 g/mol. The lowest BCUT2D eigenvalue weighted by Crippen LogP contribution is -2.15. The van der Waals surface area contributed by atoms with Crippen LogP contribution in [0.3, 0.4) is 0 Å². The van der Waals surface area contributed by atoms with Gasteiger partial charge in [-0.2, -0.15) is 0 Å². The molecule has 0 heterocycles. The zero-order valence-electron chi connectivity index (χ0n) is 10.3. The first-order valence-electron chi connectivity index (χ1n) is 5.64. The van der Waals surface area contributed by atoms with E-state index >= 15 is 0 Å². The van der Waals surface area contributed by atoms with Gasteiger partial charge in [0.25, 0.3) is 0 Å². The van der Waals surface area contributed by atoms with Crippen molar-refractivity contribution in [1.82, 2.24) is 0 Å². The third kappa shape index (κ3) is 3.57. The van der Waals surface area contributed by atoms with Crippen molar-refractivity contribution >= 4 is 33.3 Å². The second kappa shape index (κ2) is 6.49. The Morgan fingerprint density at radius 3 is 2.38 bits per heavy atom. The van der Waals surface area contributed by atoms with Gasteiger partial charge in [0.05, 0.1) is 15.1 Å². The zero-order chi connectivity index (χ0) is 15.6. The quantitative estimate of drug-likeness (QED) is 0.564. The van der Waals surface area contributed by atoms with Gasteiger partial charge in [-0.25, -0.2) is 13.2 Å². The van der Waals surface area contributed by atoms with E-state index in [9.17, 15) is 18.0 Å². The number of benzene rings is 2. The molecule has 2 rings (SSSR count). The Hall–Kier alpha value is -1.53. The summed E-state index contributed by atoms with van der Waals surface area (Å²) in [4.78, 5) is 11.8. The van der Waals surface area contributed by atoms with Crippen LogP contribution in [0.1, 0.15) is 10.4 Å². The standard InChI is InChI=1S/C14H7BrClF3O2/c15-7-4-8(16)11(19)5-13(7)21-6-12(20)14-9(17)2-1-3-10(14)18/h1-5H,6H2. The van der Waals surface area contributed by atoms with Crippen molar-refractivity contribution in [2.45, 2.75) is 0 Å². The molecular weight excluding hydrogens is 373 g/mol. The van der Waals surface area contributed by atoms with E-state index in [4.69, 9.17) is 16.3 Å². The summed E-state index contributed by atoms with van der Waals surface area (Å²) < 4.78 is 45.5. The second-order valence-electron chi connectivity index (χ2n) is 4.01. The molecule has 0 atom stereocenters. The number of ketones is 1. The molecule has 0 radical (unpaired) electrons. The van der Waals surface area contributed by atoms with Gasteiger partial charge in [0.15, 0.2) is 6.61 Å². The minimum Gasteiger partial charge on any atom is -0.484 e. The fourth-order valence-electron chi connectivity index (χ4n) is 1.59. The molecule has 0 aliphatic carbocycles. The van der Waals surface area contributed by atoms with E-state index in [0.29, 0.717) is 4.47 Å². The van der Waals surface area contributed by atoms with Gasteiger partial charge in [-0.1, -0.05) is 17.7 Å². The van der Waals surface area contributed by atoms with Crippen LogP contribution in [-0.2, 0) is 0 Å². The molecule has 0 fully saturated rings. The molecule has 0 spiro atoms. The van der Waals surface area contributed by atoms with E-state index in [2.05, 4.69) is 15.9 Å². The summed E-state index contributed by atoms with van der Waals surface area (Å²) in [5.74, 6) is -3.59. The van der Waals surface area contributed by atoms with Crippen molar-refractivity contribution in [2.24, 2.45) is 0 Å². The van der Waals surface area contributed by atoms with E-state index in [0.717, 1.165) is 24.3 Å². The minimum absolute atomic E-state index is 0.00185. The maximum Gasteiger partial charge on any atom is 0.206 e. The summed E-state index contributed by atoms with van der Waals surface area (Å²) in [5, 5.41) is -0.124. The molecule has 21 heavy (non-hydrogen) atoms. The smallest absolute Gasteiger partial charge is 0.206 e. The van der Waals surface area contributed by atoms with Gasteiger partial charge < -0.3 is 4.74 Å². The van der Waals surface area contributed by atoms with E-state index in [1.807, 2.05) is 0 Å². The van der Waals surface area contributed by atoms with Gasteiger partial charge >= 0.3 is 0 Å². The third-order valence-electron chi connectivity index (χ3n) is 2.58. The molecule has 0 bridgehead atoms. The maximum atomic E-state index is 13.4. The van der Waals surface area contributed by atoms with Crippen molar-refractivity contribution in [3.8, 4) is 5.75 Å². The predicted octanol–water partition coefficient (Wildman–Crippen LogP) is 4.78. The highest BCUT2D eigenvalue weighted by atomic mass is 79.9. The van der Waals surface area contributed by atoms with Gasteiger partial charge in [0, 0.05) is 6.07 Å². The van der Waals surface area contributed by atoms with Crippen LogP contribution >= 0.6 is 27.5 Å². The molecule has 0 aliphatic heterocycles. The Morgan fingerprint density at radius 2 is 1.76 bits per heavy atom. The van der Waals surface area contributed by atoms with Crippen molar-refractivity contribution in [1.29, 1.82) is 0 Å². The normalized spacial score (nSPS) is 10.5. The highest BCUT2D eigenvalue weighted by molar-refractivity contribution is 9.10. The highest BCUT2D eigenvalue weighted by Crippen LogP contribution is 2.30. The Bertz CT molecular complexity index is 687. The number of halogens is 5. The Kier molecular flexibility index (Phi) is 4.90. The average molecular weight is 380 g/mol. The molecule has 0 aromatic heterocycles. The number of hydrogen-bond acceptors (Lipinski definition) is 2. The Morgan fingerprint density at radius 1 is 1.14 bits per heavy atom. The van der Waals surface area contributed by atoms with Crippen LogP contribution in [0, 0.1) is 17.5 Å². The van der Waals surface area contributed by atoms with Gasteiger partial charge in [-0.15, -0.1) is 0 Å². The molecule has 2 nitrogen and oxygen atoms in total. The summed E-state index contributed by atoms with van der Waals surface area (Å²) in [5.41, 5.74) is -0.692. The molecule has 0 saturated heterocycles. The number of carbonyl (C=O) groups excluding carboxylic acids is 1. The molecule has 110 valence electrons. The van der Waals surface area contributed by atoms with Crippen LogP contribution in [0.15, 0.2) is 34.8 Å². The molecule has 2 aromatic carbocycles. The van der Waals surface area contributed by atoms with Crippen LogP contribution in [0.5, 0.6) is 5.75 Å². The first kappa shape index (κ1) is 15.9. The lowest BCUT2D eigenvalue weighted by Gasteiger charge is -2.09. The largest absolute Gasteiger partial charge is 0.484 e. The van der Waals surface area contributed by atoms with E-state index in [1.165, 1.54) is 6.07 Å². The minimum atomic E-state index is -0.982. The summed E-state index contributed by atoms with van der Waals surface area (Å²) in [6.07, 6.45) is 0. The molecule has 0 saturated carbocycles. The van der Waals surface area contributed by atoms with Crippen molar-refractivity contribution < 1.29 is 22.7 Å². The van der Waals surface area contributed by atoms with Gasteiger partial charge in [0.1, 0.15) is 23.2 Å². The topological polar surface area (TPSA) is 26.3 Å². The van der Waals surface area contributed by atoms with Crippen molar-refractivity contribution in [2.75, 3.05) is 6.61 Å². The van der Waals surface area contributed by atoms with Crippen LogP contribution in [0.4, 0.5) is 13.2 Å². The molecule has 7 heteroatoms. The molecule has 0 amide bonds. The van der Waals surface area contributed by atoms with E-state index in [-0.39, 0.29) is 10.8 Å². The molecule has 2 aromatic rings. The highest BCUT2D eigenvalue weighted by Gasteiger charge is 2.18. The summed E-state index contributed by atoms with van der Waals surface area (Å²) in [6.45, 7) is -0.641. The van der Waals surface area contributed by atoms with Crippen molar-refractivity contribution in [3.05, 3.63) is 62.8 Å². The number of carbonyl (C=O) groups is 1. The van der Waals surface area contributed by atoms with E-state index < -0.39 is 35.4 Å². The summed E-state index contributed by atoms with van der Waals surface area (Å²) in [6, 6.07) is 5.30. The van der Waals surface area contributed by atoms with Crippen LogP contribution in [-0.4, -0.2) is 12.4 Å². The zero-order valence-corrected chi connectivity index (χ0v) is 12.6. The summed E-state index contributed by atoms with van der Waals surface area (Å²) in [7, 11) is 0. The second-order valence-corrected chi connectivity index (χ2v) is 5.27. The number of rotatable bonds is 4. The van der Waals surface area contributed by atoms with Gasteiger partial charge in [0.2, 0.25) is 5.78 Å². The number of hydrogen-bond donors (Lipinski definition) is 0.